The molecule has 0 aliphatic heterocycles. The summed E-state index contributed by atoms with van der Waals surface area (Å²) in [6, 6.07) is 14.4. The first-order valence-corrected chi connectivity index (χ1v) is 10.9. The topological polar surface area (TPSA) is 85.4 Å². The molecular formula is C22H21FN2O4S. The van der Waals surface area contributed by atoms with Crippen molar-refractivity contribution in [2.24, 2.45) is 0 Å². The van der Waals surface area contributed by atoms with Gasteiger partial charge in [0.15, 0.2) is 9.84 Å². The Bertz CT molecular complexity index is 1090. The third-order valence-corrected chi connectivity index (χ3v) is 6.57. The van der Waals surface area contributed by atoms with Crippen molar-refractivity contribution >= 4 is 15.7 Å². The van der Waals surface area contributed by atoms with E-state index in [1.807, 2.05) is 6.92 Å². The van der Waals surface area contributed by atoms with Gasteiger partial charge >= 0.3 is 0 Å². The molecule has 0 aliphatic rings. The van der Waals surface area contributed by atoms with Crippen molar-refractivity contribution in [3.8, 4) is 5.75 Å². The molecule has 1 unspecified atom stereocenters. The highest BCUT2D eigenvalue weighted by molar-refractivity contribution is 7.91. The molecule has 0 saturated heterocycles. The van der Waals surface area contributed by atoms with Crippen LogP contribution < -0.4 is 10.1 Å². The van der Waals surface area contributed by atoms with Crippen molar-refractivity contribution < 1.29 is 22.3 Å². The summed E-state index contributed by atoms with van der Waals surface area (Å²) in [7, 11) is -3.84. The Morgan fingerprint density at radius 3 is 2.40 bits per heavy atom. The molecule has 2 aromatic carbocycles. The summed E-state index contributed by atoms with van der Waals surface area (Å²) < 4.78 is 45.1. The Morgan fingerprint density at radius 1 is 1.10 bits per heavy atom. The molecule has 0 bridgehead atoms. The Kier molecular flexibility index (Phi) is 6.79. The van der Waals surface area contributed by atoms with E-state index in [9.17, 15) is 17.6 Å². The van der Waals surface area contributed by atoms with Crippen LogP contribution in [0, 0.1) is 5.82 Å². The summed E-state index contributed by atoms with van der Waals surface area (Å²) in [4.78, 5) is 16.5. The van der Waals surface area contributed by atoms with E-state index in [0.717, 1.165) is 0 Å². The second-order valence-electron chi connectivity index (χ2n) is 6.44. The third kappa shape index (κ3) is 5.01. The molecule has 1 amide bonds. The van der Waals surface area contributed by atoms with Gasteiger partial charge in [-0.05, 0) is 67.1 Å². The van der Waals surface area contributed by atoms with Gasteiger partial charge in [-0.3, -0.25) is 9.78 Å². The zero-order chi connectivity index (χ0) is 21.6. The van der Waals surface area contributed by atoms with Crippen molar-refractivity contribution in [3.63, 3.8) is 0 Å². The summed E-state index contributed by atoms with van der Waals surface area (Å²) in [5.41, 5.74) is 0.686. The van der Waals surface area contributed by atoms with Crippen LogP contribution in [-0.2, 0) is 9.84 Å². The number of halogens is 1. The van der Waals surface area contributed by atoms with E-state index in [4.69, 9.17) is 4.74 Å². The van der Waals surface area contributed by atoms with Crippen LogP contribution in [0.5, 0.6) is 5.75 Å². The lowest BCUT2D eigenvalue weighted by Gasteiger charge is -2.19. The Morgan fingerprint density at radius 2 is 1.80 bits per heavy atom. The first-order valence-electron chi connectivity index (χ1n) is 9.32. The van der Waals surface area contributed by atoms with Gasteiger partial charge in [0.1, 0.15) is 16.8 Å². The molecule has 0 fully saturated rings. The molecule has 6 nitrogen and oxygen atoms in total. The maximum Gasteiger partial charge on any atom is 0.251 e. The van der Waals surface area contributed by atoms with E-state index in [1.54, 1.807) is 30.5 Å². The highest BCUT2D eigenvalue weighted by atomic mass is 32.2. The fraction of sp³-hybridized carbons (Fsp3) is 0.182. The molecule has 8 heteroatoms. The van der Waals surface area contributed by atoms with Crippen molar-refractivity contribution in [2.45, 2.75) is 17.1 Å². The van der Waals surface area contributed by atoms with Crippen LogP contribution in [0.1, 0.15) is 28.1 Å². The molecule has 1 atom stereocenters. The van der Waals surface area contributed by atoms with Gasteiger partial charge in [-0.15, -0.1) is 0 Å². The molecule has 0 radical (unpaired) electrons. The number of rotatable bonds is 8. The second kappa shape index (κ2) is 9.49. The van der Waals surface area contributed by atoms with E-state index < -0.39 is 26.8 Å². The van der Waals surface area contributed by atoms with Crippen molar-refractivity contribution in [1.82, 2.24) is 10.3 Å². The normalized spacial score (nSPS) is 12.2. The monoisotopic (exact) mass is 428 g/mol. The lowest BCUT2D eigenvalue weighted by Crippen LogP contribution is -2.32. The number of aromatic nitrogens is 1. The number of amides is 1. The van der Waals surface area contributed by atoms with E-state index in [0.29, 0.717) is 17.9 Å². The molecule has 156 valence electrons. The van der Waals surface area contributed by atoms with Crippen LogP contribution >= 0.6 is 0 Å². The van der Waals surface area contributed by atoms with Crippen LogP contribution in [0.25, 0.3) is 0 Å². The van der Waals surface area contributed by atoms with E-state index >= 15 is 0 Å². The van der Waals surface area contributed by atoms with Crippen molar-refractivity contribution in [2.75, 3.05) is 13.2 Å². The highest BCUT2D eigenvalue weighted by Crippen LogP contribution is 2.29. The van der Waals surface area contributed by atoms with Gasteiger partial charge in [-0.25, -0.2) is 12.8 Å². The summed E-state index contributed by atoms with van der Waals surface area (Å²) in [5.74, 6) is -0.386. The summed E-state index contributed by atoms with van der Waals surface area (Å²) >= 11 is 0. The SMILES string of the molecule is CCOc1ccc(S(=O)(=O)C(CNC(=O)c2ccc(F)cc2)c2cccnc2)cc1. The number of nitrogens with one attached hydrogen (secondary N) is 1. The zero-order valence-corrected chi connectivity index (χ0v) is 17.1. The quantitative estimate of drug-likeness (QED) is 0.593. The fourth-order valence-electron chi connectivity index (χ4n) is 2.92. The third-order valence-electron chi connectivity index (χ3n) is 4.45. The van der Waals surface area contributed by atoms with Gasteiger partial charge in [0.2, 0.25) is 0 Å². The maximum absolute atomic E-state index is 13.3. The minimum Gasteiger partial charge on any atom is -0.494 e. The van der Waals surface area contributed by atoms with Crippen LogP contribution in [0.15, 0.2) is 78.0 Å². The van der Waals surface area contributed by atoms with E-state index in [2.05, 4.69) is 10.3 Å². The first-order chi connectivity index (χ1) is 14.4. The van der Waals surface area contributed by atoms with Gasteiger partial charge < -0.3 is 10.1 Å². The van der Waals surface area contributed by atoms with E-state index in [1.165, 1.54) is 42.6 Å². The Labute approximate surface area is 174 Å². The number of hydrogen-bond donors (Lipinski definition) is 1. The number of sulfone groups is 1. The molecular weight excluding hydrogens is 407 g/mol. The zero-order valence-electron chi connectivity index (χ0n) is 16.3. The molecule has 0 spiro atoms. The number of pyridine rings is 1. The molecule has 1 N–H and O–H groups in total. The molecule has 30 heavy (non-hydrogen) atoms. The predicted molar refractivity (Wildman–Crippen MR) is 111 cm³/mol. The maximum atomic E-state index is 13.3. The highest BCUT2D eigenvalue weighted by Gasteiger charge is 2.30. The molecule has 1 heterocycles. The number of carbonyl (C=O) groups excluding carboxylic acids is 1. The number of benzene rings is 2. The number of ether oxygens (including phenoxy) is 1. The van der Waals surface area contributed by atoms with Crippen LogP contribution in [-0.4, -0.2) is 32.5 Å². The number of carbonyl (C=O) groups is 1. The van der Waals surface area contributed by atoms with E-state index in [-0.39, 0.29) is 17.0 Å². The largest absolute Gasteiger partial charge is 0.494 e. The summed E-state index contributed by atoms with van der Waals surface area (Å²) in [6.45, 7) is 2.14. The van der Waals surface area contributed by atoms with Crippen LogP contribution in [0.4, 0.5) is 4.39 Å². The standard InChI is InChI=1S/C22H21FN2O4S/c1-2-29-19-9-11-20(12-10-19)30(27,28)21(17-4-3-13-24-14-17)15-25-22(26)16-5-7-18(23)8-6-16/h3-14,21H,2,15H2,1H3,(H,25,26). The first kappa shape index (κ1) is 21.4. The van der Waals surface area contributed by atoms with Gasteiger partial charge in [0.25, 0.3) is 5.91 Å². The molecule has 0 saturated carbocycles. The van der Waals surface area contributed by atoms with Crippen molar-refractivity contribution in [3.05, 3.63) is 90.0 Å². The summed E-state index contributed by atoms with van der Waals surface area (Å²) in [6.07, 6.45) is 3.00. The lowest BCUT2D eigenvalue weighted by molar-refractivity contribution is 0.0953. The number of hydrogen-bond acceptors (Lipinski definition) is 5. The van der Waals surface area contributed by atoms with Crippen LogP contribution in [0.3, 0.4) is 0 Å². The van der Waals surface area contributed by atoms with Gasteiger partial charge in [-0.2, -0.15) is 0 Å². The average molecular weight is 428 g/mol. The molecule has 3 rings (SSSR count). The lowest BCUT2D eigenvalue weighted by atomic mass is 10.2. The summed E-state index contributed by atoms with van der Waals surface area (Å²) in [5, 5.41) is 1.58. The van der Waals surface area contributed by atoms with Crippen molar-refractivity contribution in [1.29, 1.82) is 0 Å². The van der Waals surface area contributed by atoms with Crippen LogP contribution in [0.2, 0.25) is 0 Å². The Hall–Kier alpha value is -3.26. The van der Waals surface area contributed by atoms with Gasteiger partial charge in [0, 0.05) is 24.5 Å². The number of nitrogens with zero attached hydrogens (tertiary/aromatic N) is 1. The Balaban J connectivity index is 1.87. The minimum absolute atomic E-state index is 0.107. The van der Waals surface area contributed by atoms with Gasteiger partial charge in [-0.1, -0.05) is 6.07 Å². The van der Waals surface area contributed by atoms with Gasteiger partial charge in [0.05, 0.1) is 11.5 Å². The average Bonchev–Trinajstić information content (AvgIpc) is 2.75. The molecule has 1 aromatic heterocycles. The molecule has 0 aliphatic carbocycles. The second-order valence-corrected chi connectivity index (χ2v) is 8.57. The fourth-order valence-corrected chi connectivity index (χ4v) is 4.56. The molecule has 3 aromatic rings. The smallest absolute Gasteiger partial charge is 0.251 e. The predicted octanol–water partition coefficient (Wildman–Crippen LogP) is 3.56. The minimum atomic E-state index is -3.84.